The second kappa shape index (κ2) is 12.9. The van der Waals surface area contributed by atoms with Gasteiger partial charge in [-0.3, -0.25) is 0 Å². The van der Waals surface area contributed by atoms with Crippen molar-refractivity contribution in [3.8, 4) is 0 Å². The molecule has 0 atom stereocenters. The smallest absolute Gasteiger partial charge is 0.0466 e. The summed E-state index contributed by atoms with van der Waals surface area (Å²) in [4.78, 5) is 4.64. The lowest BCUT2D eigenvalue weighted by molar-refractivity contribution is 1.25. The first kappa shape index (κ1) is 28.8. The van der Waals surface area contributed by atoms with E-state index in [4.69, 9.17) is 0 Å². The second-order valence-electron chi connectivity index (χ2n) is 11.5. The van der Waals surface area contributed by atoms with Crippen LogP contribution in [0.2, 0.25) is 0 Å². The summed E-state index contributed by atoms with van der Waals surface area (Å²) in [5.41, 5.74) is 14.2. The maximum Gasteiger partial charge on any atom is 0.0466 e. The molecule has 0 radical (unpaired) electrons. The van der Waals surface area contributed by atoms with Crippen molar-refractivity contribution in [2.75, 3.05) is 9.80 Å². The van der Waals surface area contributed by atoms with Gasteiger partial charge in [0, 0.05) is 34.1 Å². The van der Waals surface area contributed by atoms with Crippen molar-refractivity contribution < 1.29 is 0 Å². The Labute approximate surface area is 262 Å². The molecule has 0 saturated heterocycles. The molecular formula is C42H38N2. The minimum Gasteiger partial charge on any atom is -0.310 e. The van der Waals surface area contributed by atoms with Gasteiger partial charge in [0.05, 0.1) is 0 Å². The van der Waals surface area contributed by atoms with E-state index in [-0.39, 0.29) is 0 Å². The molecule has 6 aromatic rings. The van der Waals surface area contributed by atoms with E-state index in [1.165, 1.54) is 27.9 Å². The Morgan fingerprint density at radius 1 is 0.318 bits per heavy atom. The van der Waals surface area contributed by atoms with Crippen LogP contribution < -0.4 is 9.80 Å². The van der Waals surface area contributed by atoms with Crippen molar-refractivity contribution in [2.45, 2.75) is 27.7 Å². The van der Waals surface area contributed by atoms with Crippen LogP contribution in [0.25, 0.3) is 12.2 Å². The molecule has 0 unspecified atom stereocenters. The Hall–Kier alpha value is -5.34. The van der Waals surface area contributed by atoms with Crippen molar-refractivity contribution in [1.29, 1.82) is 0 Å². The number of hydrogen-bond donors (Lipinski definition) is 0. The minimum absolute atomic E-state index is 1.13. The average molecular weight is 571 g/mol. The van der Waals surface area contributed by atoms with E-state index < -0.39 is 0 Å². The SMILES string of the molecule is Cc1cccc(N(c2ccc(C=Cc3ccc(N(c4ccccc4)c4cc(C)cc(C)c4)cc3)cc2)c2cccc(C)c2)c1. The number of para-hydroxylation sites is 1. The molecular weight excluding hydrogens is 532 g/mol. The normalized spacial score (nSPS) is 11.1. The van der Waals surface area contributed by atoms with E-state index in [0.29, 0.717) is 0 Å². The monoisotopic (exact) mass is 570 g/mol. The highest BCUT2D eigenvalue weighted by molar-refractivity contribution is 5.80. The fourth-order valence-corrected chi connectivity index (χ4v) is 5.75. The summed E-state index contributed by atoms with van der Waals surface area (Å²) in [6.07, 6.45) is 4.36. The maximum absolute atomic E-state index is 2.32. The van der Waals surface area contributed by atoms with Crippen LogP contribution in [0.3, 0.4) is 0 Å². The third-order valence-electron chi connectivity index (χ3n) is 7.77. The zero-order valence-electron chi connectivity index (χ0n) is 25.9. The molecule has 0 aromatic heterocycles. The minimum atomic E-state index is 1.13. The van der Waals surface area contributed by atoms with E-state index in [1.807, 2.05) is 0 Å². The molecule has 0 spiro atoms. The van der Waals surface area contributed by atoms with E-state index in [9.17, 15) is 0 Å². The first-order valence-corrected chi connectivity index (χ1v) is 15.2. The lowest BCUT2D eigenvalue weighted by atomic mass is 10.1. The highest BCUT2D eigenvalue weighted by atomic mass is 15.1. The van der Waals surface area contributed by atoms with Gasteiger partial charge in [-0.2, -0.15) is 0 Å². The molecule has 0 heterocycles. The van der Waals surface area contributed by atoms with Crippen LogP contribution in [-0.2, 0) is 0 Å². The standard InChI is InChI=1S/C42H38N2/c1-31-10-8-14-40(27-31)44(41-15-9-11-32(2)28-41)39-24-20-36(21-25-39)17-16-35-18-22-38(23-19-35)43(37-12-6-5-7-13-37)42-29-33(3)26-34(4)30-42/h5-30H,1-4H3. The molecule has 0 saturated carbocycles. The summed E-state index contributed by atoms with van der Waals surface area (Å²) in [7, 11) is 0. The third kappa shape index (κ3) is 6.66. The van der Waals surface area contributed by atoms with Gasteiger partial charge in [0.25, 0.3) is 0 Å². The zero-order chi connectivity index (χ0) is 30.5. The van der Waals surface area contributed by atoms with Gasteiger partial charge in [0.2, 0.25) is 0 Å². The van der Waals surface area contributed by atoms with Gasteiger partial charge in [-0.15, -0.1) is 0 Å². The molecule has 216 valence electrons. The maximum atomic E-state index is 2.32. The number of aryl methyl sites for hydroxylation is 4. The Balaban J connectivity index is 1.25. The van der Waals surface area contributed by atoms with Crippen LogP contribution in [0.4, 0.5) is 34.1 Å². The number of rotatable bonds is 8. The van der Waals surface area contributed by atoms with Gasteiger partial charge in [-0.1, -0.05) is 84.9 Å². The molecule has 0 aliphatic carbocycles. The molecule has 0 amide bonds. The van der Waals surface area contributed by atoms with Crippen molar-refractivity contribution in [1.82, 2.24) is 0 Å². The van der Waals surface area contributed by atoms with Gasteiger partial charge < -0.3 is 9.80 Å². The lowest BCUT2D eigenvalue weighted by Crippen LogP contribution is -2.10. The van der Waals surface area contributed by atoms with Crippen molar-refractivity contribution >= 4 is 46.3 Å². The molecule has 0 aliphatic rings. The van der Waals surface area contributed by atoms with Crippen LogP contribution in [0.15, 0.2) is 146 Å². The summed E-state index contributed by atoms with van der Waals surface area (Å²) in [5, 5.41) is 0. The van der Waals surface area contributed by atoms with E-state index in [2.05, 4.69) is 195 Å². The molecule has 44 heavy (non-hydrogen) atoms. The molecule has 2 nitrogen and oxygen atoms in total. The number of anilines is 6. The Bertz CT molecular complexity index is 1770. The number of nitrogens with zero attached hydrogens (tertiary/aromatic N) is 2. The zero-order valence-corrected chi connectivity index (χ0v) is 25.9. The predicted octanol–water partition coefficient (Wildman–Crippen LogP) is 12.0. The summed E-state index contributed by atoms with van der Waals surface area (Å²) < 4.78 is 0. The van der Waals surface area contributed by atoms with Crippen LogP contribution in [0.1, 0.15) is 33.4 Å². The Morgan fingerprint density at radius 2 is 0.705 bits per heavy atom. The molecule has 0 fully saturated rings. The van der Waals surface area contributed by atoms with Crippen molar-refractivity contribution in [3.63, 3.8) is 0 Å². The molecule has 0 bridgehead atoms. The van der Waals surface area contributed by atoms with Gasteiger partial charge in [-0.05, 0) is 134 Å². The topological polar surface area (TPSA) is 6.48 Å². The lowest BCUT2D eigenvalue weighted by Gasteiger charge is -2.26. The second-order valence-corrected chi connectivity index (χ2v) is 11.5. The number of benzene rings is 6. The van der Waals surface area contributed by atoms with Crippen LogP contribution in [0, 0.1) is 27.7 Å². The van der Waals surface area contributed by atoms with Crippen molar-refractivity contribution in [3.05, 3.63) is 179 Å². The third-order valence-corrected chi connectivity index (χ3v) is 7.77. The van der Waals surface area contributed by atoms with E-state index in [0.717, 1.165) is 39.6 Å². The van der Waals surface area contributed by atoms with Gasteiger partial charge in [-0.25, -0.2) is 0 Å². The molecule has 6 aromatic carbocycles. The van der Waals surface area contributed by atoms with Crippen LogP contribution >= 0.6 is 0 Å². The fourth-order valence-electron chi connectivity index (χ4n) is 5.75. The Kier molecular flexibility index (Phi) is 8.43. The summed E-state index contributed by atoms with van der Waals surface area (Å²) >= 11 is 0. The Morgan fingerprint density at radius 3 is 1.16 bits per heavy atom. The summed E-state index contributed by atoms with van der Waals surface area (Å²) in [5.74, 6) is 0. The highest BCUT2D eigenvalue weighted by Crippen LogP contribution is 2.37. The van der Waals surface area contributed by atoms with Gasteiger partial charge in [0.15, 0.2) is 0 Å². The van der Waals surface area contributed by atoms with E-state index in [1.54, 1.807) is 0 Å². The first-order chi connectivity index (χ1) is 21.4. The fraction of sp³-hybridized carbons (Fsp3) is 0.0952. The van der Waals surface area contributed by atoms with E-state index >= 15 is 0 Å². The average Bonchev–Trinajstić information content (AvgIpc) is 3.02. The van der Waals surface area contributed by atoms with Crippen LogP contribution in [0.5, 0.6) is 0 Å². The highest BCUT2D eigenvalue weighted by Gasteiger charge is 2.14. The quantitative estimate of drug-likeness (QED) is 0.168. The summed E-state index contributed by atoms with van der Waals surface area (Å²) in [6.45, 7) is 8.59. The first-order valence-electron chi connectivity index (χ1n) is 15.2. The molecule has 0 N–H and O–H groups in total. The summed E-state index contributed by atoms with van der Waals surface area (Å²) in [6, 6.07) is 52.2. The van der Waals surface area contributed by atoms with Crippen molar-refractivity contribution in [2.24, 2.45) is 0 Å². The molecule has 6 rings (SSSR count). The van der Waals surface area contributed by atoms with Gasteiger partial charge in [0.1, 0.15) is 0 Å². The largest absolute Gasteiger partial charge is 0.310 e. The van der Waals surface area contributed by atoms with Crippen LogP contribution in [-0.4, -0.2) is 0 Å². The molecule has 0 aliphatic heterocycles. The molecule has 2 heteroatoms. The van der Waals surface area contributed by atoms with Gasteiger partial charge >= 0.3 is 0 Å². The predicted molar refractivity (Wildman–Crippen MR) is 190 cm³/mol. The number of hydrogen-bond acceptors (Lipinski definition) is 2.